The Bertz CT molecular complexity index is 635. The molecule has 22 heavy (non-hydrogen) atoms. The maximum absolute atomic E-state index is 5.94. The smallest absolute Gasteiger partial charge is 0.166 e. The SMILES string of the molecule is COc1cccc(CNc2cc(C)ccc2C)c1OC(C)C. The molecule has 0 unspecified atom stereocenters. The predicted octanol–water partition coefficient (Wildman–Crippen LogP) is 4.71. The summed E-state index contributed by atoms with van der Waals surface area (Å²) in [5.41, 5.74) is 4.73. The van der Waals surface area contributed by atoms with Crippen molar-refractivity contribution in [2.24, 2.45) is 0 Å². The minimum Gasteiger partial charge on any atom is -0.493 e. The van der Waals surface area contributed by atoms with Crippen LogP contribution in [0.25, 0.3) is 0 Å². The molecule has 0 saturated carbocycles. The average molecular weight is 299 g/mol. The van der Waals surface area contributed by atoms with Crippen LogP contribution < -0.4 is 14.8 Å². The lowest BCUT2D eigenvalue weighted by Gasteiger charge is -2.18. The molecule has 0 saturated heterocycles. The van der Waals surface area contributed by atoms with Crippen LogP contribution in [-0.4, -0.2) is 13.2 Å². The van der Waals surface area contributed by atoms with E-state index in [9.17, 15) is 0 Å². The molecule has 0 aromatic heterocycles. The molecule has 0 radical (unpaired) electrons. The largest absolute Gasteiger partial charge is 0.493 e. The zero-order valence-corrected chi connectivity index (χ0v) is 14.1. The van der Waals surface area contributed by atoms with Crippen LogP contribution in [0.1, 0.15) is 30.5 Å². The molecule has 0 spiro atoms. The van der Waals surface area contributed by atoms with Gasteiger partial charge in [-0.05, 0) is 51.0 Å². The van der Waals surface area contributed by atoms with E-state index in [-0.39, 0.29) is 6.10 Å². The Hall–Kier alpha value is -2.16. The van der Waals surface area contributed by atoms with Crippen molar-refractivity contribution in [3.8, 4) is 11.5 Å². The van der Waals surface area contributed by atoms with Gasteiger partial charge in [0.1, 0.15) is 0 Å². The van der Waals surface area contributed by atoms with E-state index in [1.54, 1.807) is 7.11 Å². The van der Waals surface area contributed by atoms with E-state index in [1.165, 1.54) is 11.1 Å². The topological polar surface area (TPSA) is 30.5 Å². The number of nitrogens with one attached hydrogen (secondary N) is 1. The number of benzene rings is 2. The molecular formula is C19H25NO2. The third kappa shape index (κ3) is 3.94. The number of aryl methyl sites for hydroxylation is 2. The molecule has 0 aliphatic heterocycles. The van der Waals surface area contributed by atoms with Crippen LogP contribution in [0, 0.1) is 13.8 Å². The molecule has 0 aliphatic carbocycles. The van der Waals surface area contributed by atoms with Gasteiger partial charge in [-0.3, -0.25) is 0 Å². The first-order chi connectivity index (χ1) is 10.5. The maximum Gasteiger partial charge on any atom is 0.166 e. The Balaban J connectivity index is 2.23. The first kappa shape index (κ1) is 16.2. The van der Waals surface area contributed by atoms with Crippen molar-refractivity contribution in [2.45, 2.75) is 40.3 Å². The number of ether oxygens (including phenoxy) is 2. The van der Waals surface area contributed by atoms with Gasteiger partial charge < -0.3 is 14.8 Å². The van der Waals surface area contributed by atoms with Gasteiger partial charge in [-0.15, -0.1) is 0 Å². The molecule has 118 valence electrons. The van der Waals surface area contributed by atoms with Crippen molar-refractivity contribution < 1.29 is 9.47 Å². The first-order valence-electron chi connectivity index (χ1n) is 7.65. The number of anilines is 1. The van der Waals surface area contributed by atoms with Gasteiger partial charge in [-0.2, -0.15) is 0 Å². The number of hydrogen-bond acceptors (Lipinski definition) is 3. The van der Waals surface area contributed by atoms with Crippen molar-refractivity contribution >= 4 is 5.69 Å². The van der Waals surface area contributed by atoms with Gasteiger partial charge in [0.25, 0.3) is 0 Å². The fourth-order valence-corrected chi connectivity index (χ4v) is 2.35. The third-order valence-corrected chi connectivity index (χ3v) is 3.50. The normalized spacial score (nSPS) is 10.6. The maximum atomic E-state index is 5.94. The molecule has 0 bridgehead atoms. The van der Waals surface area contributed by atoms with Crippen LogP contribution in [0.15, 0.2) is 36.4 Å². The van der Waals surface area contributed by atoms with Crippen molar-refractivity contribution in [1.82, 2.24) is 0 Å². The van der Waals surface area contributed by atoms with E-state index in [1.807, 2.05) is 26.0 Å². The monoisotopic (exact) mass is 299 g/mol. The Kier molecular flexibility index (Phi) is 5.31. The second kappa shape index (κ2) is 7.21. The zero-order chi connectivity index (χ0) is 16.1. The summed E-state index contributed by atoms with van der Waals surface area (Å²) in [5, 5.41) is 3.50. The molecule has 0 heterocycles. The summed E-state index contributed by atoms with van der Waals surface area (Å²) in [4.78, 5) is 0. The summed E-state index contributed by atoms with van der Waals surface area (Å²) in [6.07, 6.45) is 0.107. The summed E-state index contributed by atoms with van der Waals surface area (Å²) in [7, 11) is 1.67. The molecule has 0 fully saturated rings. The van der Waals surface area contributed by atoms with Gasteiger partial charge in [0.2, 0.25) is 0 Å². The van der Waals surface area contributed by atoms with Crippen molar-refractivity contribution in [1.29, 1.82) is 0 Å². The van der Waals surface area contributed by atoms with Crippen LogP contribution >= 0.6 is 0 Å². The van der Waals surface area contributed by atoms with E-state index in [0.717, 1.165) is 22.7 Å². The molecule has 2 aromatic carbocycles. The molecular weight excluding hydrogens is 274 g/mol. The summed E-state index contributed by atoms with van der Waals surface area (Å²) >= 11 is 0. The average Bonchev–Trinajstić information content (AvgIpc) is 2.48. The van der Waals surface area contributed by atoms with Crippen molar-refractivity contribution in [2.75, 3.05) is 12.4 Å². The van der Waals surface area contributed by atoms with E-state index < -0.39 is 0 Å². The molecule has 0 aliphatic rings. The van der Waals surface area contributed by atoms with E-state index in [2.05, 4.69) is 43.4 Å². The minimum absolute atomic E-state index is 0.107. The minimum atomic E-state index is 0.107. The van der Waals surface area contributed by atoms with Crippen LogP contribution in [-0.2, 0) is 6.54 Å². The Morgan fingerprint density at radius 1 is 1.09 bits per heavy atom. The summed E-state index contributed by atoms with van der Waals surface area (Å²) in [5.74, 6) is 1.59. The molecule has 3 heteroatoms. The van der Waals surface area contributed by atoms with Crippen LogP contribution in [0.2, 0.25) is 0 Å². The van der Waals surface area contributed by atoms with E-state index in [0.29, 0.717) is 6.54 Å². The van der Waals surface area contributed by atoms with Crippen LogP contribution in [0.3, 0.4) is 0 Å². The highest BCUT2D eigenvalue weighted by Gasteiger charge is 2.12. The Labute approximate surface area is 133 Å². The van der Waals surface area contributed by atoms with Gasteiger partial charge >= 0.3 is 0 Å². The lowest BCUT2D eigenvalue weighted by atomic mass is 10.1. The second-order valence-electron chi connectivity index (χ2n) is 5.79. The number of methoxy groups -OCH3 is 1. The first-order valence-corrected chi connectivity index (χ1v) is 7.65. The quantitative estimate of drug-likeness (QED) is 0.838. The highest BCUT2D eigenvalue weighted by Crippen LogP contribution is 2.32. The molecule has 1 N–H and O–H groups in total. The van der Waals surface area contributed by atoms with Gasteiger partial charge in [-0.1, -0.05) is 24.3 Å². The number of rotatable bonds is 6. The van der Waals surface area contributed by atoms with Gasteiger partial charge in [0, 0.05) is 17.8 Å². The fourth-order valence-electron chi connectivity index (χ4n) is 2.35. The van der Waals surface area contributed by atoms with Gasteiger partial charge in [-0.25, -0.2) is 0 Å². The van der Waals surface area contributed by atoms with E-state index >= 15 is 0 Å². The predicted molar refractivity (Wildman–Crippen MR) is 92.0 cm³/mol. The van der Waals surface area contributed by atoms with Crippen LogP contribution in [0.4, 0.5) is 5.69 Å². The molecule has 2 rings (SSSR count). The second-order valence-corrected chi connectivity index (χ2v) is 5.79. The molecule has 3 nitrogen and oxygen atoms in total. The molecule has 0 atom stereocenters. The highest BCUT2D eigenvalue weighted by molar-refractivity contribution is 5.54. The number of para-hydroxylation sites is 1. The molecule has 0 amide bonds. The lowest BCUT2D eigenvalue weighted by Crippen LogP contribution is -2.11. The molecule has 2 aromatic rings. The highest BCUT2D eigenvalue weighted by atomic mass is 16.5. The van der Waals surface area contributed by atoms with Crippen molar-refractivity contribution in [3.63, 3.8) is 0 Å². The van der Waals surface area contributed by atoms with Gasteiger partial charge in [0.05, 0.1) is 13.2 Å². The standard InChI is InChI=1S/C19H25NO2/c1-13(2)22-19-16(7-6-8-18(19)21-5)12-20-17-11-14(3)9-10-15(17)4/h6-11,13,20H,12H2,1-5H3. The summed E-state index contributed by atoms with van der Waals surface area (Å²) in [6.45, 7) is 8.95. The van der Waals surface area contributed by atoms with Gasteiger partial charge in [0.15, 0.2) is 11.5 Å². The number of hydrogen-bond donors (Lipinski definition) is 1. The zero-order valence-electron chi connectivity index (χ0n) is 14.1. The Morgan fingerprint density at radius 2 is 1.86 bits per heavy atom. The third-order valence-electron chi connectivity index (χ3n) is 3.50. The Morgan fingerprint density at radius 3 is 2.55 bits per heavy atom. The van der Waals surface area contributed by atoms with Crippen molar-refractivity contribution in [3.05, 3.63) is 53.1 Å². The summed E-state index contributed by atoms with van der Waals surface area (Å²) < 4.78 is 11.4. The fraction of sp³-hybridized carbons (Fsp3) is 0.368. The van der Waals surface area contributed by atoms with E-state index in [4.69, 9.17) is 9.47 Å². The summed E-state index contributed by atoms with van der Waals surface area (Å²) in [6, 6.07) is 12.4. The van der Waals surface area contributed by atoms with Crippen LogP contribution in [0.5, 0.6) is 11.5 Å². The lowest BCUT2D eigenvalue weighted by molar-refractivity contribution is 0.228.